The van der Waals surface area contributed by atoms with E-state index in [4.69, 9.17) is 6.42 Å². The second-order valence-corrected chi connectivity index (χ2v) is 3.62. The third-order valence-electron chi connectivity index (χ3n) is 2.32. The highest BCUT2D eigenvalue weighted by atomic mass is 19.2. The first-order valence-corrected chi connectivity index (χ1v) is 5.28. The molecule has 1 atom stereocenters. The van der Waals surface area contributed by atoms with Crippen LogP contribution in [0, 0.1) is 24.0 Å². The zero-order chi connectivity index (χ0) is 12.0. The number of halogens is 2. The lowest BCUT2D eigenvalue weighted by atomic mass is 10.0. The van der Waals surface area contributed by atoms with E-state index < -0.39 is 11.6 Å². The predicted octanol–water partition coefficient (Wildman–Crippen LogP) is 2.51. The van der Waals surface area contributed by atoms with Crippen molar-refractivity contribution in [1.29, 1.82) is 0 Å². The van der Waals surface area contributed by atoms with Gasteiger partial charge >= 0.3 is 0 Å². The molecule has 0 amide bonds. The zero-order valence-electron chi connectivity index (χ0n) is 9.26. The third-order valence-corrected chi connectivity index (χ3v) is 2.32. The second-order valence-electron chi connectivity index (χ2n) is 3.62. The van der Waals surface area contributed by atoms with Gasteiger partial charge in [0, 0.05) is 12.5 Å². The molecule has 1 nitrogen and oxygen atoms in total. The predicted molar refractivity (Wildman–Crippen MR) is 61.0 cm³/mol. The summed E-state index contributed by atoms with van der Waals surface area (Å²) in [6.45, 7) is 2.78. The molecule has 3 heteroatoms. The van der Waals surface area contributed by atoms with E-state index in [1.54, 1.807) is 6.07 Å². The standard InChI is InChI=1S/C13H15F2N/c1-3-5-11(16-4-2)8-10-6-7-12(14)13(15)9-10/h1,6-7,9,11,16H,4-5,8H2,2H3. The summed E-state index contributed by atoms with van der Waals surface area (Å²) < 4.78 is 25.7. The minimum absolute atomic E-state index is 0.111. The molecule has 1 aromatic carbocycles. The van der Waals surface area contributed by atoms with Gasteiger partial charge in [-0.05, 0) is 30.7 Å². The van der Waals surface area contributed by atoms with Gasteiger partial charge in [0.2, 0.25) is 0 Å². The molecule has 0 heterocycles. The summed E-state index contributed by atoms with van der Waals surface area (Å²) in [4.78, 5) is 0. The van der Waals surface area contributed by atoms with Gasteiger partial charge in [-0.2, -0.15) is 0 Å². The van der Waals surface area contributed by atoms with Crippen LogP contribution in [0.15, 0.2) is 18.2 Å². The Hall–Kier alpha value is -1.40. The van der Waals surface area contributed by atoms with Crippen LogP contribution in [-0.2, 0) is 6.42 Å². The topological polar surface area (TPSA) is 12.0 Å². The van der Waals surface area contributed by atoms with Crippen LogP contribution in [0.4, 0.5) is 8.78 Å². The molecule has 0 radical (unpaired) electrons. The van der Waals surface area contributed by atoms with Crippen molar-refractivity contribution in [2.24, 2.45) is 0 Å². The maximum absolute atomic E-state index is 13.0. The number of likely N-dealkylation sites (N-methyl/N-ethyl adjacent to an activating group) is 1. The van der Waals surface area contributed by atoms with Crippen molar-refractivity contribution in [3.05, 3.63) is 35.4 Å². The van der Waals surface area contributed by atoms with Gasteiger partial charge in [0.25, 0.3) is 0 Å². The van der Waals surface area contributed by atoms with E-state index >= 15 is 0 Å². The maximum atomic E-state index is 13.0. The normalized spacial score (nSPS) is 12.1. The van der Waals surface area contributed by atoms with Gasteiger partial charge in [-0.15, -0.1) is 12.3 Å². The smallest absolute Gasteiger partial charge is 0.159 e. The first-order chi connectivity index (χ1) is 7.67. The van der Waals surface area contributed by atoms with Gasteiger partial charge < -0.3 is 5.32 Å². The maximum Gasteiger partial charge on any atom is 0.159 e. The van der Waals surface area contributed by atoms with Gasteiger partial charge in [0.1, 0.15) is 0 Å². The van der Waals surface area contributed by atoms with Crippen LogP contribution in [0.3, 0.4) is 0 Å². The minimum Gasteiger partial charge on any atom is -0.313 e. The fourth-order valence-corrected chi connectivity index (χ4v) is 1.60. The van der Waals surface area contributed by atoms with Crippen molar-refractivity contribution in [2.45, 2.75) is 25.8 Å². The molecule has 1 aromatic rings. The molecule has 16 heavy (non-hydrogen) atoms. The monoisotopic (exact) mass is 223 g/mol. The Morgan fingerprint density at radius 1 is 1.38 bits per heavy atom. The first kappa shape index (κ1) is 12.7. The lowest BCUT2D eigenvalue weighted by Gasteiger charge is -2.15. The quantitative estimate of drug-likeness (QED) is 0.756. The summed E-state index contributed by atoms with van der Waals surface area (Å²) >= 11 is 0. The minimum atomic E-state index is -0.819. The van der Waals surface area contributed by atoms with Crippen LogP contribution in [0.5, 0.6) is 0 Å². The van der Waals surface area contributed by atoms with Crippen LogP contribution in [0.1, 0.15) is 18.9 Å². The fraction of sp³-hybridized carbons (Fsp3) is 0.385. The molecule has 0 bridgehead atoms. The van der Waals surface area contributed by atoms with Crippen LogP contribution in [0.2, 0.25) is 0 Å². The highest BCUT2D eigenvalue weighted by Crippen LogP contribution is 2.11. The number of rotatable bonds is 5. The molecule has 1 rings (SSSR count). The van der Waals surface area contributed by atoms with E-state index in [1.165, 1.54) is 6.07 Å². The third kappa shape index (κ3) is 3.63. The first-order valence-electron chi connectivity index (χ1n) is 5.28. The molecule has 0 aromatic heterocycles. The Balaban J connectivity index is 2.69. The summed E-state index contributed by atoms with van der Waals surface area (Å²) in [7, 11) is 0. The van der Waals surface area contributed by atoms with Crippen LogP contribution in [0.25, 0.3) is 0 Å². The molecular weight excluding hydrogens is 208 g/mol. The van der Waals surface area contributed by atoms with Crippen LogP contribution >= 0.6 is 0 Å². The molecule has 0 aliphatic heterocycles. The van der Waals surface area contributed by atoms with E-state index in [0.717, 1.165) is 18.2 Å². The molecule has 1 unspecified atom stereocenters. The number of benzene rings is 1. The molecule has 0 fully saturated rings. The van der Waals surface area contributed by atoms with Crippen molar-refractivity contribution in [3.63, 3.8) is 0 Å². The average Bonchev–Trinajstić information content (AvgIpc) is 2.24. The molecular formula is C13H15F2N. The Morgan fingerprint density at radius 2 is 2.12 bits per heavy atom. The summed E-state index contributed by atoms with van der Waals surface area (Å²) in [5.41, 5.74) is 0.750. The summed E-state index contributed by atoms with van der Waals surface area (Å²) in [6, 6.07) is 4.05. The van der Waals surface area contributed by atoms with Crippen molar-refractivity contribution in [2.75, 3.05) is 6.54 Å². The van der Waals surface area contributed by atoms with E-state index in [2.05, 4.69) is 11.2 Å². The van der Waals surface area contributed by atoms with Crippen molar-refractivity contribution in [1.82, 2.24) is 5.32 Å². The van der Waals surface area contributed by atoms with E-state index in [0.29, 0.717) is 12.8 Å². The van der Waals surface area contributed by atoms with Gasteiger partial charge in [0.15, 0.2) is 11.6 Å². The average molecular weight is 223 g/mol. The Kier molecular flexibility index (Phi) is 4.94. The highest BCUT2D eigenvalue weighted by molar-refractivity contribution is 5.19. The molecule has 0 aliphatic rings. The van der Waals surface area contributed by atoms with Crippen LogP contribution < -0.4 is 5.32 Å². The summed E-state index contributed by atoms with van der Waals surface area (Å²) in [6.07, 6.45) is 6.43. The van der Waals surface area contributed by atoms with Gasteiger partial charge in [0.05, 0.1) is 0 Å². The van der Waals surface area contributed by atoms with Crippen molar-refractivity contribution < 1.29 is 8.78 Å². The fourth-order valence-electron chi connectivity index (χ4n) is 1.60. The van der Waals surface area contributed by atoms with Crippen molar-refractivity contribution in [3.8, 4) is 12.3 Å². The Morgan fingerprint density at radius 3 is 2.69 bits per heavy atom. The summed E-state index contributed by atoms with van der Waals surface area (Å²) in [5.74, 6) is 0.938. The lowest BCUT2D eigenvalue weighted by molar-refractivity contribution is 0.501. The zero-order valence-corrected chi connectivity index (χ0v) is 9.26. The number of hydrogen-bond acceptors (Lipinski definition) is 1. The van der Waals surface area contributed by atoms with E-state index in [9.17, 15) is 8.78 Å². The SMILES string of the molecule is C#CCC(Cc1ccc(F)c(F)c1)NCC. The number of terminal acetylenes is 1. The highest BCUT2D eigenvalue weighted by Gasteiger charge is 2.09. The second kappa shape index (κ2) is 6.24. The Bertz CT molecular complexity index is 382. The van der Waals surface area contributed by atoms with Gasteiger partial charge in [-0.25, -0.2) is 8.78 Å². The van der Waals surface area contributed by atoms with Gasteiger partial charge in [-0.1, -0.05) is 13.0 Å². The van der Waals surface area contributed by atoms with E-state index in [-0.39, 0.29) is 6.04 Å². The summed E-state index contributed by atoms with van der Waals surface area (Å²) in [5, 5.41) is 3.21. The molecule has 0 saturated heterocycles. The largest absolute Gasteiger partial charge is 0.313 e. The van der Waals surface area contributed by atoms with Gasteiger partial charge in [-0.3, -0.25) is 0 Å². The van der Waals surface area contributed by atoms with E-state index in [1.807, 2.05) is 6.92 Å². The van der Waals surface area contributed by atoms with Crippen molar-refractivity contribution >= 4 is 0 Å². The number of nitrogens with one attached hydrogen (secondary N) is 1. The molecule has 86 valence electrons. The molecule has 1 N–H and O–H groups in total. The van der Waals surface area contributed by atoms with Crippen LogP contribution in [-0.4, -0.2) is 12.6 Å². The lowest BCUT2D eigenvalue weighted by Crippen LogP contribution is -2.30. The molecule has 0 spiro atoms. The molecule has 0 saturated carbocycles. The number of hydrogen-bond donors (Lipinski definition) is 1. The molecule has 0 aliphatic carbocycles. The Labute approximate surface area is 94.9 Å².